The van der Waals surface area contributed by atoms with Gasteiger partial charge < -0.3 is 20.2 Å². The Kier molecular flexibility index (Phi) is 7.14. The van der Waals surface area contributed by atoms with Crippen LogP contribution >= 0.6 is 0 Å². The molecule has 1 fully saturated rings. The Morgan fingerprint density at radius 3 is 2.69 bits per heavy atom. The maximum Gasteiger partial charge on any atom is 0.317 e. The van der Waals surface area contributed by atoms with Crippen LogP contribution in [-0.2, 0) is 25.8 Å². The first-order valence-corrected chi connectivity index (χ1v) is 13.2. The molecule has 1 saturated carbocycles. The highest BCUT2D eigenvalue weighted by Gasteiger charge is 2.35. The third-order valence-electron chi connectivity index (χ3n) is 7.83. The van der Waals surface area contributed by atoms with Gasteiger partial charge in [-0.15, -0.1) is 0 Å². The molecule has 3 aliphatic rings. The van der Waals surface area contributed by atoms with Gasteiger partial charge in [-0.25, -0.2) is 13.6 Å². The molecule has 0 radical (unpaired) electrons. The molecule has 1 aliphatic carbocycles. The normalized spacial score (nSPS) is 21.9. The second-order valence-electron chi connectivity index (χ2n) is 10.2. The van der Waals surface area contributed by atoms with Crippen molar-refractivity contribution in [3.05, 3.63) is 34.3 Å². The number of aromatic nitrogens is 3. The summed E-state index contributed by atoms with van der Waals surface area (Å²) in [5, 5.41) is 17.8. The number of aliphatic hydroxyl groups is 1. The minimum atomic E-state index is -2.59. The van der Waals surface area contributed by atoms with Crippen LogP contribution in [0.15, 0.2) is 6.07 Å². The minimum Gasteiger partial charge on any atom is -0.393 e. The van der Waals surface area contributed by atoms with Gasteiger partial charge in [0.2, 0.25) is 0 Å². The lowest BCUT2D eigenvalue weighted by Crippen LogP contribution is -2.42. The van der Waals surface area contributed by atoms with E-state index in [-0.39, 0.29) is 23.7 Å². The van der Waals surface area contributed by atoms with Crippen LogP contribution in [0.2, 0.25) is 0 Å². The Morgan fingerprint density at radius 1 is 1.22 bits per heavy atom. The van der Waals surface area contributed by atoms with Crippen molar-refractivity contribution in [1.82, 2.24) is 25.0 Å². The first-order valence-electron chi connectivity index (χ1n) is 13.2. The third-order valence-corrected chi connectivity index (χ3v) is 7.83. The number of hydrogen-bond donors (Lipinski definition) is 2. The maximum absolute atomic E-state index is 14.0. The molecule has 2 amide bonds. The topological polar surface area (TPSA) is 86.5 Å². The molecule has 10 heteroatoms. The smallest absolute Gasteiger partial charge is 0.317 e. The predicted octanol–water partition coefficient (Wildman–Crippen LogP) is 4.43. The first kappa shape index (κ1) is 24.9. The molecule has 4 heterocycles. The summed E-state index contributed by atoms with van der Waals surface area (Å²) in [6, 6.07) is 1.68. The van der Waals surface area contributed by atoms with Crippen molar-refractivity contribution >= 4 is 17.5 Å². The molecular formula is C26H36F2N6O2. The zero-order chi connectivity index (χ0) is 25.4. The highest BCUT2D eigenvalue weighted by Crippen LogP contribution is 2.41. The van der Waals surface area contributed by atoms with Gasteiger partial charge in [0, 0.05) is 49.1 Å². The van der Waals surface area contributed by atoms with E-state index in [0.29, 0.717) is 43.9 Å². The fourth-order valence-electron chi connectivity index (χ4n) is 5.97. The number of aryl methyl sites for hydroxylation is 2. The van der Waals surface area contributed by atoms with Crippen molar-refractivity contribution in [2.45, 2.75) is 89.8 Å². The molecular weight excluding hydrogens is 466 g/mol. The van der Waals surface area contributed by atoms with Crippen molar-refractivity contribution in [1.29, 1.82) is 0 Å². The van der Waals surface area contributed by atoms with Crippen molar-refractivity contribution in [3.8, 4) is 0 Å². The number of halogens is 2. The molecule has 0 unspecified atom stereocenters. The Hall–Kier alpha value is -2.75. The van der Waals surface area contributed by atoms with E-state index in [9.17, 15) is 18.7 Å². The van der Waals surface area contributed by atoms with Crippen LogP contribution in [0, 0.1) is 0 Å². The van der Waals surface area contributed by atoms with Crippen molar-refractivity contribution in [2.75, 3.05) is 25.0 Å². The van der Waals surface area contributed by atoms with Gasteiger partial charge >= 0.3 is 6.03 Å². The second kappa shape index (κ2) is 10.3. The molecule has 0 spiro atoms. The summed E-state index contributed by atoms with van der Waals surface area (Å²) in [5.74, 6) is 0.746. The van der Waals surface area contributed by atoms with Gasteiger partial charge in [-0.1, -0.05) is 13.3 Å². The lowest BCUT2D eigenvalue weighted by atomic mass is 9.92. The highest BCUT2D eigenvalue weighted by molar-refractivity contribution is 5.75. The Morgan fingerprint density at radius 2 is 2.00 bits per heavy atom. The number of nitrogens with one attached hydrogen (secondary N) is 1. The van der Waals surface area contributed by atoms with Crippen molar-refractivity contribution < 1.29 is 18.7 Å². The molecule has 5 rings (SSSR count). The number of aliphatic hydroxyl groups excluding tert-OH is 1. The summed E-state index contributed by atoms with van der Waals surface area (Å²) < 4.78 is 30.2. The van der Waals surface area contributed by atoms with Gasteiger partial charge in [-0.05, 0) is 51.0 Å². The summed E-state index contributed by atoms with van der Waals surface area (Å²) in [4.78, 5) is 21.0. The number of rotatable bonds is 5. The maximum atomic E-state index is 14.0. The molecule has 0 atom stereocenters. The minimum absolute atomic E-state index is 0.00376. The van der Waals surface area contributed by atoms with Crippen LogP contribution < -0.4 is 10.2 Å². The van der Waals surface area contributed by atoms with Gasteiger partial charge in [0.05, 0.1) is 30.1 Å². The van der Waals surface area contributed by atoms with E-state index in [4.69, 9.17) is 10.1 Å². The van der Waals surface area contributed by atoms with E-state index < -0.39 is 6.43 Å². The Bertz CT molecular complexity index is 1110. The van der Waals surface area contributed by atoms with Crippen LogP contribution in [0.1, 0.15) is 86.1 Å². The van der Waals surface area contributed by atoms with Gasteiger partial charge in [0.25, 0.3) is 6.43 Å². The summed E-state index contributed by atoms with van der Waals surface area (Å²) in [6.07, 6.45) is 3.92. The number of nitrogens with zero attached hydrogens (tertiary/aromatic N) is 5. The van der Waals surface area contributed by atoms with Gasteiger partial charge in [-0.2, -0.15) is 5.10 Å². The fraction of sp³-hybridized carbons (Fsp3) is 0.654. The number of carbonyl (C=O) groups excluding carboxylic acids is 1. The summed E-state index contributed by atoms with van der Waals surface area (Å²) in [7, 11) is 1.63. The Balaban J connectivity index is 1.59. The number of urea groups is 1. The largest absolute Gasteiger partial charge is 0.393 e. The molecule has 2 aromatic rings. The lowest BCUT2D eigenvalue weighted by molar-refractivity contribution is 0.107. The zero-order valence-corrected chi connectivity index (χ0v) is 21.1. The molecule has 8 nitrogen and oxygen atoms in total. The van der Waals surface area contributed by atoms with Crippen molar-refractivity contribution in [2.24, 2.45) is 0 Å². The number of amides is 2. The van der Waals surface area contributed by atoms with E-state index in [1.807, 2.05) is 11.8 Å². The molecule has 2 N–H and O–H groups in total. The first-order chi connectivity index (χ1) is 17.4. The fourth-order valence-corrected chi connectivity index (χ4v) is 5.97. The number of pyridine rings is 1. The number of alkyl halides is 2. The SMILES string of the molecule is CCCc1nc2c(cc1C(F)F)N(c1nn(C3CCC(O)CC3)c3c1CN(C(=O)NC)CC3)CCC2. The summed E-state index contributed by atoms with van der Waals surface area (Å²) in [6.45, 7) is 3.66. The standard InChI is InChI=1S/C26H36F2N6O2/c1-3-5-20-18(24(27)28)14-23-21(30-20)6-4-12-33(23)25-19-15-32(26(36)29-2)13-11-22(19)34(31-25)16-7-9-17(35)10-8-16/h14,16-17,24,35H,3-13,15H2,1-2H3,(H,29,36). The van der Waals surface area contributed by atoms with Crippen LogP contribution in [0.25, 0.3) is 0 Å². The molecule has 196 valence electrons. The van der Waals surface area contributed by atoms with Gasteiger partial charge in [0.15, 0.2) is 5.82 Å². The number of anilines is 2. The average molecular weight is 503 g/mol. The van der Waals surface area contributed by atoms with E-state index in [2.05, 4.69) is 10.00 Å². The molecule has 36 heavy (non-hydrogen) atoms. The van der Waals surface area contributed by atoms with Crippen LogP contribution in [0.4, 0.5) is 25.1 Å². The van der Waals surface area contributed by atoms with E-state index in [1.54, 1.807) is 18.0 Å². The second-order valence-corrected chi connectivity index (χ2v) is 10.2. The molecule has 0 bridgehead atoms. The van der Waals surface area contributed by atoms with Crippen LogP contribution in [0.5, 0.6) is 0 Å². The van der Waals surface area contributed by atoms with Gasteiger partial charge in [0.1, 0.15) is 0 Å². The van der Waals surface area contributed by atoms with Crippen molar-refractivity contribution in [3.63, 3.8) is 0 Å². The van der Waals surface area contributed by atoms with Crippen LogP contribution in [-0.4, -0.2) is 57.0 Å². The van der Waals surface area contributed by atoms with E-state index in [0.717, 1.165) is 67.7 Å². The molecule has 2 aromatic heterocycles. The van der Waals surface area contributed by atoms with E-state index >= 15 is 0 Å². The third kappa shape index (κ3) is 4.55. The quantitative estimate of drug-likeness (QED) is 0.632. The molecule has 0 saturated heterocycles. The lowest BCUT2D eigenvalue weighted by Gasteiger charge is -2.33. The zero-order valence-electron chi connectivity index (χ0n) is 21.1. The molecule has 2 aliphatic heterocycles. The van der Waals surface area contributed by atoms with E-state index in [1.165, 1.54) is 0 Å². The number of fused-ring (bicyclic) bond motifs is 2. The molecule has 0 aromatic carbocycles. The number of carbonyl (C=O) groups is 1. The average Bonchev–Trinajstić information content (AvgIpc) is 3.26. The monoisotopic (exact) mass is 502 g/mol. The number of hydrogen-bond acceptors (Lipinski definition) is 5. The summed E-state index contributed by atoms with van der Waals surface area (Å²) >= 11 is 0. The predicted molar refractivity (Wildman–Crippen MR) is 133 cm³/mol. The van der Waals surface area contributed by atoms with Crippen LogP contribution in [0.3, 0.4) is 0 Å². The Labute approximate surface area is 210 Å². The summed E-state index contributed by atoms with van der Waals surface area (Å²) in [5.41, 5.74) is 4.15. The van der Waals surface area contributed by atoms with Gasteiger partial charge in [-0.3, -0.25) is 9.67 Å². The highest BCUT2D eigenvalue weighted by atomic mass is 19.3.